The molecule has 2 heterocycles. The Kier molecular flexibility index (Phi) is 5.85. The molecule has 142 valence electrons. The molecule has 0 spiro atoms. The standard InChI is InChI=1S/C17H14F3N3O2S2/c18-17(19,20)9-27-13-4-2-1-3-12(13)22-14(24)5-7-23-10-21-15-11(16(23)25)6-8-26-15/h1-4,6,8,10H,5,7,9H2,(H,22,24). The number of nitrogens with one attached hydrogen (secondary N) is 1. The molecular weight excluding hydrogens is 399 g/mol. The second-order valence-electron chi connectivity index (χ2n) is 5.58. The van der Waals surface area contributed by atoms with Crippen molar-refractivity contribution in [2.75, 3.05) is 11.1 Å². The fourth-order valence-corrected chi connectivity index (χ4v) is 3.83. The molecule has 3 aromatic rings. The summed E-state index contributed by atoms with van der Waals surface area (Å²) >= 11 is 1.97. The zero-order valence-corrected chi connectivity index (χ0v) is 15.5. The van der Waals surface area contributed by atoms with Gasteiger partial charge in [-0.25, -0.2) is 4.98 Å². The van der Waals surface area contributed by atoms with E-state index in [0.29, 0.717) is 32.6 Å². The highest BCUT2D eigenvalue weighted by molar-refractivity contribution is 7.99. The number of aromatic nitrogens is 2. The lowest BCUT2D eigenvalue weighted by molar-refractivity contribution is -0.116. The van der Waals surface area contributed by atoms with Gasteiger partial charge >= 0.3 is 6.18 Å². The summed E-state index contributed by atoms with van der Waals surface area (Å²) < 4.78 is 38.6. The van der Waals surface area contributed by atoms with Crippen molar-refractivity contribution in [3.05, 3.63) is 52.4 Å². The molecule has 1 amide bonds. The Labute approximate surface area is 160 Å². The van der Waals surface area contributed by atoms with Gasteiger partial charge in [-0.05, 0) is 23.6 Å². The average Bonchev–Trinajstić information content (AvgIpc) is 3.09. The van der Waals surface area contributed by atoms with Gasteiger partial charge in [0.2, 0.25) is 5.91 Å². The normalized spacial score (nSPS) is 11.7. The van der Waals surface area contributed by atoms with Gasteiger partial charge in [-0.1, -0.05) is 12.1 Å². The van der Waals surface area contributed by atoms with Gasteiger partial charge in [-0.15, -0.1) is 23.1 Å². The summed E-state index contributed by atoms with van der Waals surface area (Å²) in [5, 5.41) is 4.87. The van der Waals surface area contributed by atoms with Crippen LogP contribution in [0.25, 0.3) is 10.2 Å². The van der Waals surface area contributed by atoms with Gasteiger partial charge < -0.3 is 5.32 Å². The fraction of sp³-hybridized carbons (Fsp3) is 0.235. The van der Waals surface area contributed by atoms with Crippen LogP contribution in [0.2, 0.25) is 0 Å². The number of hydrogen-bond acceptors (Lipinski definition) is 5. The Hall–Kier alpha value is -2.33. The van der Waals surface area contributed by atoms with Crippen LogP contribution >= 0.6 is 23.1 Å². The first kappa shape index (κ1) is 19.4. The molecule has 0 unspecified atom stereocenters. The fourth-order valence-electron chi connectivity index (χ4n) is 2.34. The minimum Gasteiger partial charge on any atom is -0.325 e. The van der Waals surface area contributed by atoms with E-state index in [0.717, 1.165) is 0 Å². The summed E-state index contributed by atoms with van der Waals surface area (Å²) in [6, 6.07) is 7.98. The monoisotopic (exact) mass is 413 g/mol. The van der Waals surface area contributed by atoms with Gasteiger partial charge in [0, 0.05) is 17.9 Å². The number of nitrogens with zero attached hydrogens (tertiary/aromatic N) is 2. The number of amides is 1. The van der Waals surface area contributed by atoms with Crippen LogP contribution in [-0.4, -0.2) is 27.4 Å². The van der Waals surface area contributed by atoms with Crippen molar-refractivity contribution in [2.24, 2.45) is 0 Å². The first-order valence-corrected chi connectivity index (χ1v) is 9.71. The van der Waals surface area contributed by atoms with E-state index < -0.39 is 17.8 Å². The van der Waals surface area contributed by atoms with Crippen LogP contribution in [0.4, 0.5) is 18.9 Å². The van der Waals surface area contributed by atoms with E-state index in [9.17, 15) is 22.8 Å². The average molecular weight is 413 g/mol. The molecule has 27 heavy (non-hydrogen) atoms. The van der Waals surface area contributed by atoms with Crippen molar-refractivity contribution < 1.29 is 18.0 Å². The number of carbonyl (C=O) groups excluding carboxylic acids is 1. The molecule has 1 aromatic carbocycles. The minimum absolute atomic E-state index is 0.00446. The third-order valence-electron chi connectivity index (χ3n) is 3.58. The van der Waals surface area contributed by atoms with Crippen LogP contribution in [0.15, 0.2) is 51.7 Å². The van der Waals surface area contributed by atoms with Gasteiger partial charge in [0.05, 0.1) is 23.2 Å². The summed E-state index contributed by atoms with van der Waals surface area (Å²) in [6.07, 6.45) is -2.91. The summed E-state index contributed by atoms with van der Waals surface area (Å²) in [6.45, 7) is 0.126. The van der Waals surface area contributed by atoms with Crippen molar-refractivity contribution in [3.8, 4) is 0 Å². The number of anilines is 1. The third kappa shape index (κ3) is 5.10. The number of aryl methyl sites for hydroxylation is 1. The van der Waals surface area contributed by atoms with Crippen molar-refractivity contribution in [2.45, 2.75) is 24.0 Å². The molecule has 10 heteroatoms. The lowest BCUT2D eigenvalue weighted by Gasteiger charge is -2.12. The summed E-state index contributed by atoms with van der Waals surface area (Å²) in [5.74, 6) is -1.44. The van der Waals surface area contributed by atoms with E-state index in [4.69, 9.17) is 0 Å². The van der Waals surface area contributed by atoms with Crippen molar-refractivity contribution >= 4 is 44.9 Å². The topological polar surface area (TPSA) is 64.0 Å². The second-order valence-corrected chi connectivity index (χ2v) is 7.49. The Bertz CT molecular complexity index is 1010. The number of para-hydroxylation sites is 1. The SMILES string of the molecule is O=C(CCn1cnc2sccc2c1=O)Nc1ccccc1SCC(F)(F)F. The van der Waals surface area contributed by atoms with E-state index in [1.54, 1.807) is 29.6 Å². The van der Waals surface area contributed by atoms with Crippen LogP contribution in [0.5, 0.6) is 0 Å². The first-order chi connectivity index (χ1) is 12.8. The molecule has 2 aromatic heterocycles. The maximum absolute atomic E-state index is 12.4. The summed E-state index contributed by atoms with van der Waals surface area (Å²) in [5.41, 5.74) is 0.0886. The van der Waals surface area contributed by atoms with Gasteiger partial charge in [0.1, 0.15) is 4.83 Å². The number of thioether (sulfide) groups is 1. The lowest BCUT2D eigenvalue weighted by atomic mass is 10.3. The number of thiophene rings is 1. The van der Waals surface area contributed by atoms with Crippen LogP contribution in [0.3, 0.4) is 0 Å². The molecule has 5 nitrogen and oxygen atoms in total. The molecule has 1 N–H and O–H groups in total. The molecule has 0 aliphatic rings. The van der Waals surface area contributed by atoms with Crippen LogP contribution in [-0.2, 0) is 11.3 Å². The number of carbonyl (C=O) groups is 1. The molecular formula is C17H14F3N3O2S2. The molecule has 0 aliphatic carbocycles. The number of fused-ring (bicyclic) bond motifs is 1. The van der Waals surface area contributed by atoms with E-state index in [1.165, 1.54) is 28.3 Å². The van der Waals surface area contributed by atoms with Crippen molar-refractivity contribution in [1.82, 2.24) is 9.55 Å². The van der Waals surface area contributed by atoms with E-state index >= 15 is 0 Å². The number of halogens is 3. The Balaban J connectivity index is 1.64. The smallest absolute Gasteiger partial charge is 0.325 e. The maximum atomic E-state index is 12.4. The highest BCUT2D eigenvalue weighted by atomic mass is 32.2. The third-order valence-corrected chi connectivity index (χ3v) is 5.54. The Morgan fingerprint density at radius 2 is 2.04 bits per heavy atom. The molecule has 0 aliphatic heterocycles. The molecule has 0 atom stereocenters. The molecule has 0 radical (unpaired) electrons. The van der Waals surface area contributed by atoms with E-state index in [2.05, 4.69) is 10.3 Å². The van der Waals surface area contributed by atoms with E-state index in [-0.39, 0.29) is 18.5 Å². The predicted octanol–water partition coefficient (Wildman–Crippen LogP) is 4.14. The number of rotatable bonds is 6. The molecule has 0 saturated heterocycles. The Morgan fingerprint density at radius 1 is 1.26 bits per heavy atom. The largest absolute Gasteiger partial charge is 0.398 e. The van der Waals surface area contributed by atoms with Crippen LogP contribution in [0.1, 0.15) is 6.42 Å². The highest BCUT2D eigenvalue weighted by Crippen LogP contribution is 2.32. The molecule has 3 rings (SSSR count). The molecule has 0 bridgehead atoms. The lowest BCUT2D eigenvalue weighted by Crippen LogP contribution is -2.23. The van der Waals surface area contributed by atoms with Crippen LogP contribution < -0.4 is 10.9 Å². The number of benzene rings is 1. The Morgan fingerprint density at radius 3 is 2.81 bits per heavy atom. The minimum atomic E-state index is -4.30. The van der Waals surface area contributed by atoms with Gasteiger partial charge in [0.25, 0.3) is 5.56 Å². The first-order valence-electron chi connectivity index (χ1n) is 7.84. The van der Waals surface area contributed by atoms with Gasteiger partial charge in [-0.2, -0.15) is 13.2 Å². The summed E-state index contributed by atoms with van der Waals surface area (Å²) in [4.78, 5) is 29.6. The van der Waals surface area contributed by atoms with E-state index in [1.807, 2.05) is 0 Å². The van der Waals surface area contributed by atoms with Crippen molar-refractivity contribution in [1.29, 1.82) is 0 Å². The number of alkyl halides is 3. The zero-order chi connectivity index (χ0) is 19.4. The van der Waals surface area contributed by atoms with Gasteiger partial charge in [-0.3, -0.25) is 14.2 Å². The maximum Gasteiger partial charge on any atom is 0.398 e. The van der Waals surface area contributed by atoms with Crippen LogP contribution in [0, 0.1) is 0 Å². The van der Waals surface area contributed by atoms with Crippen molar-refractivity contribution in [3.63, 3.8) is 0 Å². The molecule has 0 fully saturated rings. The predicted molar refractivity (Wildman–Crippen MR) is 100 cm³/mol. The molecule has 0 saturated carbocycles. The summed E-state index contributed by atoms with van der Waals surface area (Å²) in [7, 11) is 0. The van der Waals surface area contributed by atoms with Gasteiger partial charge in [0.15, 0.2) is 0 Å². The second kappa shape index (κ2) is 8.13. The number of hydrogen-bond donors (Lipinski definition) is 1. The zero-order valence-electron chi connectivity index (χ0n) is 13.8. The quantitative estimate of drug-likeness (QED) is 0.617. The highest BCUT2D eigenvalue weighted by Gasteiger charge is 2.27.